The summed E-state index contributed by atoms with van der Waals surface area (Å²) in [4.78, 5) is 12.9. The lowest BCUT2D eigenvalue weighted by Crippen LogP contribution is -2.27. The molecule has 1 N–H and O–H groups in total. The topological polar surface area (TPSA) is 68.2 Å². The van der Waals surface area contributed by atoms with Crippen LogP contribution in [-0.4, -0.2) is 18.8 Å². The number of ketones is 1. The highest BCUT2D eigenvalue weighted by molar-refractivity contribution is 7.92. The van der Waals surface area contributed by atoms with E-state index in [9.17, 15) is 13.2 Å². The predicted octanol–water partition coefficient (Wildman–Crippen LogP) is 6.66. The summed E-state index contributed by atoms with van der Waals surface area (Å²) in [6.45, 7) is 6.23. The maximum absolute atomic E-state index is 13.1. The van der Waals surface area contributed by atoms with Gasteiger partial charge in [-0.1, -0.05) is 31.9 Å². The van der Waals surface area contributed by atoms with Gasteiger partial charge < -0.3 is 4.57 Å². The van der Waals surface area contributed by atoms with Gasteiger partial charge in [0.05, 0.1) is 4.90 Å². The van der Waals surface area contributed by atoms with E-state index >= 15 is 0 Å². The van der Waals surface area contributed by atoms with Crippen LogP contribution in [0, 0.1) is 12.3 Å². The summed E-state index contributed by atoms with van der Waals surface area (Å²) in [7, 11) is -3.74. The molecule has 2 aromatic carbocycles. The third-order valence-electron chi connectivity index (χ3n) is 7.07. The molecule has 0 saturated heterocycles. The van der Waals surface area contributed by atoms with Gasteiger partial charge in [0.1, 0.15) is 0 Å². The van der Waals surface area contributed by atoms with Crippen molar-refractivity contribution in [3.8, 4) is 5.69 Å². The van der Waals surface area contributed by atoms with E-state index in [-0.39, 0.29) is 16.1 Å². The van der Waals surface area contributed by atoms with Gasteiger partial charge in [0.15, 0.2) is 5.78 Å². The summed E-state index contributed by atoms with van der Waals surface area (Å²) in [5, 5.41) is 0.625. The van der Waals surface area contributed by atoms with E-state index in [4.69, 9.17) is 11.6 Å². The largest absolute Gasteiger partial charge is 0.317 e. The normalized spacial score (nSPS) is 17.8. The zero-order valence-electron chi connectivity index (χ0n) is 19.7. The molecular weight excluding hydrogens is 468 g/mol. The van der Waals surface area contributed by atoms with Gasteiger partial charge in [-0.15, -0.1) is 0 Å². The highest BCUT2D eigenvalue weighted by Gasteiger charge is 2.34. The number of halogens is 1. The third-order valence-corrected chi connectivity index (χ3v) is 8.80. The minimum atomic E-state index is -3.74. The highest BCUT2D eigenvalue weighted by atomic mass is 35.5. The van der Waals surface area contributed by atoms with Crippen LogP contribution in [0.2, 0.25) is 5.02 Å². The molecule has 0 unspecified atom stereocenters. The molecule has 0 radical (unpaired) electrons. The SMILES string of the molecule is Cc1cc2c(n1-c1ccc(NS(=O)(=O)c3ccc(Cl)c(C4CCC4)c3)cc1)CC(C)(C)CC2=O. The maximum atomic E-state index is 13.1. The number of sulfonamides is 1. The smallest absolute Gasteiger partial charge is 0.261 e. The van der Waals surface area contributed by atoms with E-state index in [2.05, 4.69) is 23.1 Å². The summed E-state index contributed by atoms with van der Waals surface area (Å²) in [6, 6.07) is 14.2. The van der Waals surface area contributed by atoms with Gasteiger partial charge >= 0.3 is 0 Å². The molecule has 1 aromatic heterocycles. The van der Waals surface area contributed by atoms with Crippen LogP contribution >= 0.6 is 11.6 Å². The number of carbonyl (C=O) groups excluding carboxylic acids is 1. The molecule has 5 nitrogen and oxygen atoms in total. The Balaban J connectivity index is 1.41. The van der Waals surface area contributed by atoms with E-state index in [1.54, 1.807) is 30.3 Å². The quantitative estimate of drug-likeness (QED) is 0.429. The number of nitrogens with one attached hydrogen (secondary N) is 1. The first-order valence-corrected chi connectivity index (χ1v) is 13.6. The summed E-state index contributed by atoms with van der Waals surface area (Å²) in [5.74, 6) is 0.524. The number of hydrogen-bond acceptors (Lipinski definition) is 3. The molecule has 0 atom stereocenters. The minimum absolute atomic E-state index is 0.0842. The number of Topliss-reactive ketones (excluding diaryl/α,β-unsaturated/α-hetero) is 1. The van der Waals surface area contributed by atoms with Crippen molar-refractivity contribution in [3.63, 3.8) is 0 Å². The van der Waals surface area contributed by atoms with Crippen molar-refractivity contribution in [1.82, 2.24) is 4.57 Å². The van der Waals surface area contributed by atoms with E-state index in [1.165, 1.54) is 0 Å². The highest BCUT2D eigenvalue weighted by Crippen LogP contribution is 2.41. The van der Waals surface area contributed by atoms with Crippen molar-refractivity contribution >= 4 is 33.1 Å². The lowest BCUT2D eigenvalue weighted by atomic mass is 9.76. The number of aromatic nitrogens is 1. The molecule has 3 aromatic rings. The second-order valence-corrected chi connectivity index (χ2v) is 12.5. The molecular formula is C27H29ClN2O3S. The molecule has 0 aliphatic heterocycles. The van der Waals surface area contributed by atoms with Crippen molar-refractivity contribution in [2.75, 3.05) is 4.72 Å². The van der Waals surface area contributed by atoms with Crippen LogP contribution in [0.5, 0.6) is 0 Å². The van der Waals surface area contributed by atoms with E-state index in [0.29, 0.717) is 23.0 Å². The Kier molecular flexibility index (Phi) is 5.64. The van der Waals surface area contributed by atoms with Crippen molar-refractivity contribution in [3.05, 3.63) is 76.1 Å². The standard InChI is InChI=1S/C27H29ClN2O3S/c1-17-13-23-25(15-27(2,3)16-26(23)31)30(17)20-9-7-19(8-10-20)29-34(32,33)21-11-12-24(28)22(14-21)18-5-4-6-18/h7-14,18,29H,4-6,15-16H2,1-3H3. The second-order valence-electron chi connectivity index (χ2n) is 10.4. The molecule has 1 fully saturated rings. The fraction of sp³-hybridized carbons (Fsp3) is 0.370. The fourth-order valence-corrected chi connectivity index (χ4v) is 6.49. The molecule has 0 bridgehead atoms. The lowest BCUT2D eigenvalue weighted by molar-refractivity contribution is 0.0911. The number of anilines is 1. The van der Waals surface area contributed by atoms with Gasteiger partial charge in [-0.05, 0) is 91.6 Å². The molecule has 1 saturated carbocycles. The molecule has 178 valence electrons. The van der Waals surface area contributed by atoms with Gasteiger partial charge in [0.25, 0.3) is 10.0 Å². The number of rotatable bonds is 5. The summed E-state index contributed by atoms with van der Waals surface area (Å²) >= 11 is 6.33. The van der Waals surface area contributed by atoms with Crippen molar-refractivity contribution < 1.29 is 13.2 Å². The predicted molar refractivity (Wildman–Crippen MR) is 136 cm³/mol. The Hall–Kier alpha value is -2.57. The number of benzene rings is 2. The van der Waals surface area contributed by atoms with Crippen LogP contribution in [0.4, 0.5) is 5.69 Å². The van der Waals surface area contributed by atoms with Crippen LogP contribution in [0.25, 0.3) is 5.69 Å². The maximum Gasteiger partial charge on any atom is 0.261 e. The van der Waals surface area contributed by atoms with Gasteiger partial charge in [-0.2, -0.15) is 0 Å². The molecule has 0 spiro atoms. The molecule has 5 rings (SSSR count). The Morgan fingerprint density at radius 2 is 1.74 bits per heavy atom. The molecule has 34 heavy (non-hydrogen) atoms. The number of carbonyl (C=O) groups is 1. The lowest BCUT2D eigenvalue weighted by Gasteiger charge is -2.30. The van der Waals surface area contributed by atoms with Crippen molar-refractivity contribution in [1.29, 1.82) is 0 Å². The van der Waals surface area contributed by atoms with Crippen molar-refractivity contribution in [2.45, 2.75) is 63.7 Å². The first kappa shape index (κ1) is 23.2. The summed E-state index contributed by atoms with van der Waals surface area (Å²) < 4.78 is 30.9. The Bertz CT molecular complexity index is 1380. The van der Waals surface area contributed by atoms with Crippen LogP contribution in [-0.2, 0) is 16.4 Å². The summed E-state index contributed by atoms with van der Waals surface area (Å²) in [6.07, 6.45) is 4.61. The Labute approximate surface area is 206 Å². The van der Waals surface area contributed by atoms with Crippen LogP contribution in [0.3, 0.4) is 0 Å². The van der Waals surface area contributed by atoms with Gasteiger partial charge in [-0.3, -0.25) is 9.52 Å². The van der Waals surface area contributed by atoms with Gasteiger partial charge in [0.2, 0.25) is 0 Å². The molecule has 1 heterocycles. The monoisotopic (exact) mass is 496 g/mol. The fourth-order valence-electron chi connectivity index (χ4n) is 5.12. The van der Waals surface area contributed by atoms with Crippen LogP contribution in [0.1, 0.15) is 72.8 Å². The summed E-state index contributed by atoms with van der Waals surface area (Å²) in [5.41, 5.74) is 5.04. The second kappa shape index (κ2) is 8.28. The van der Waals surface area contributed by atoms with Gasteiger partial charge in [0, 0.05) is 39.8 Å². The average Bonchev–Trinajstić information content (AvgIpc) is 3.03. The Morgan fingerprint density at radius 1 is 1.03 bits per heavy atom. The van der Waals surface area contributed by atoms with Crippen molar-refractivity contribution in [2.24, 2.45) is 5.41 Å². The zero-order chi connectivity index (χ0) is 24.3. The Morgan fingerprint density at radius 3 is 2.38 bits per heavy atom. The first-order chi connectivity index (χ1) is 16.0. The first-order valence-electron chi connectivity index (χ1n) is 11.7. The minimum Gasteiger partial charge on any atom is -0.317 e. The van der Waals surface area contributed by atoms with E-state index in [0.717, 1.165) is 53.9 Å². The van der Waals surface area contributed by atoms with E-state index < -0.39 is 10.0 Å². The third kappa shape index (κ3) is 4.18. The van der Waals surface area contributed by atoms with Gasteiger partial charge in [-0.25, -0.2) is 8.42 Å². The number of hydrogen-bond donors (Lipinski definition) is 1. The zero-order valence-corrected chi connectivity index (χ0v) is 21.3. The molecule has 2 aliphatic rings. The number of nitrogens with zero attached hydrogens (tertiary/aromatic N) is 1. The van der Waals surface area contributed by atoms with E-state index in [1.807, 2.05) is 25.1 Å². The van der Waals surface area contributed by atoms with Crippen LogP contribution < -0.4 is 4.72 Å². The van der Waals surface area contributed by atoms with Crippen LogP contribution in [0.15, 0.2) is 53.4 Å². The number of fused-ring (bicyclic) bond motifs is 1. The molecule has 2 aliphatic carbocycles. The molecule has 7 heteroatoms. The number of aryl methyl sites for hydroxylation is 1. The average molecular weight is 497 g/mol. The molecule has 0 amide bonds.